The third kappa shape index (κ3) is 3.61. The molecule has 2 heterocycles. The van der Waals surface area contributed by atoms with Gasteiger partial charge >= 0.3 is 0 Å². The van der Waals surface area contributed by atoms with Crippen LogP contribution in [-0.4, -0.2) is 14.5 Å². The Morgan fingerprint density at radius 1 is 1.10 bits per heavy atom. The van der Waals surface area contributed by atoms with E-state index in [9.17, 15) is 0 Å². The number of hydrogen-bond acceptors (Lipinski definition) is 3. The van der Waals surface area contributed by atoms with Crippen LogP contribution in [0.1, 0.15) is 11.3 Å². The van der Waals surface area contributed by atoms with Gasteiger partial charge in [-0.1, -0.05) is 23.7 Å². The lowest BCUT2D eigenvalue weighted by atomic mass is 10.2. The van der Waals surface area contributed by atoms with E-state index in [1.165, 1.54) is 0 Å². The fraction of sp³-hybridized carbons (Fsp3) is 0.125. The molecule has 0 aliphatic carbocycles. The molecule has 0 bridgehead atoms. The minimum absolute atomic E-state index is 0.486. The normalized spacial score (nSPS) is 10.5. The van der Waals surface area contributed by atoms with Crippen LogP contribution in [0.5, 0.6) is 5.75 Å². The Morgan fingerprint density at radius 3 is 2.71 bits per heavy atom. The fourth-order valence-corrected chi connectivity index (χ4v) is 2.09. The summed E-state index contributed by atoms with van der Waals surface area (Å²) in [4.78, 5) is 8.42. The van der Waals surface area contributed by atoms with Gasteiger partial charge in [0.15, 0.2) is 0 Å². The molecule has 0 unspecified atom stereocenters. The lowest BCUT2D eigenvalue weighted by Crippen LogP contribution is -2.04. The molecule has 0 aliphatic rings. The Kier molecular flexibility index (Phi) is 4.17. The molecule has 3 aromatic rings. The molecule has 0 spiro atoms. The zero-order chi connectivity index (χ0) is 14.5. The van der Waals surface area contributed by atoms with Crippen molar-refractivity contribution in [2.45, 2.75) is 13.2 Å². The number of ether oxygens (including phenoxy) is 1. The molecule has 2 aromatic heterocycles. The lowest BCUT2D eigenvalue weighted by molar-refractivity contribution is 0.300. The van der Waals surface area contributed by atoms with Crippen LogP contribution in [0.4, 0.5) is 0 Å². The maximum absolute atomic E-state index is 5.87. The maximum Gasteiger partial charge on any atom is 0.143 e. The first-order chi connectivity index (χ1) is 10.3. The van der Waals surface area contributed by atoms with Gasteiger partial charge in [-0.2, -0.15) is 0 Å². The maximum atomic E-state index is 5.87. The van der Waals surface area contributed by atoms with Crippen LogP contribution < -0.4 is 4.74 Å². The van der Waals surface area contributed by atoms with Crippen LogP contribution in [-0.2, 0) is 13.2 Å². The second kappa shape index (κ2) is 6.41. The average Bonchev–Trinajstić information content (AvgIpc) is 3.01. The summed E-state index contributed by atoms with van der Waals surface area (Å²) in [5.74, 6) is 0.779. The average molecular weight is 300 g/mol. The number of aromatic nitrogens is 3. The Hall–Kier alpha value is -2.33. The molecule has 1 aromatic carbocycles. The molecular weight excluding hydrogens is 286 g/mol. The van der Waals surface area contributed by atoms with Gasteiger partial charge in [-0.05, 0) is 29.8 Å². The largest absolute Gasteiger partial charge is 0.487 e. The molecular formula is C16H14ClN3O. The van der Waals surface area contributed by atoms with E-state index in [-0.39, 0.29) is 0 Å². The summed E-state index contributed by atoms with van der Waals surface area (Å²) in [7, 11) is 0. The van der Waals surface area contributed by atoms with Crippen molar-refractivity contribution >= 4 is 11.6 Å². The molecule has 0 atom stereocenters. The smallest absolute Gasteiger partial charge is 0.143 e. The quantitative estimate of drug-likeness (QED) is 0.723. The van der Waals surface area contributed by atoms with Crippen LogP contribution in [0, 0.1) is 0 Å². The topological polar surface area (TPSA) is 39.9 Å². The molecule has 0 amide bonds. The van der Waals surface area contributed by atoms with E-state index >= 15 is 0 Å². The summed E-state index contributed by atoms with van der Waals surface area (Å²) < 4.78 is 7.83. The summed E-state index contributed by atoms with van der Waals surface area (Å²) >= 11 is 5.87. The second-order valence-electron chi connectivity index (χ2n) is 4.60. The summed E-state index contributed by atoms with van der Waals surface area (Å²) in [5, 5.41) is 0.723. The summed E-state index contributed by atoms with van der Waals surface area (Å²) in [6.07, 6.45) is 7.17. The van der Waals surface area contributed by atoms with E-state index in [0.29, 0.717) is 13.2 Å². The van der Waals surface area contributed by atoms with E-state index in [2.05, 4.69) is 9.97 Å². The summed E-state index contributed by atoms with van der Waals surface area (Å²) in [6.45, 7) is 1.12. The molecule has 0 saturated heterocycles. The molecule has 0 saturated carbocycles. The predicted molar refractivity (Wildman–Crippen MR) is 81.4 cm³/mol. The zero-order valence-electron chi connectivity index (χ0n) is 11.3. The number of rotatable bonds is 5. The lowest BCUT2D eigenvalue weighted by Gasteiger charge is -2.11. The van der Waals surface area contributed by atoms with Crippen molar-refractivity contribution < 1.29 is 4.74 Å². The van der Waals surface area contributed by atoms with Crippen LogP contribution in [0.3, 0.4) is 0 Å². The minimum Gasteiger partial charge on any atom is -0.487 e. The highest BCUT2D eigenvalue weighted by Crippen LogP contribution is 2.19. The van der Waals surface area contributed by atoms with E-state index in [4.69, 9.17) is 16.3 Å². The van der Waals surface area contributed by atoms with Gasteiger partial charge in [0.1, 0.15) is 18.1 Å². The van der Waals surface area contributed by atoms with E-state index in [1.807, 2.05) is 47.2 Å². The van der Waals surface area contributed by atoms with Gasteiger partial charge in [0.2, 0.25) is 0 Å². The van der Waals surface area contributed by atoms with Crippen LogP contribution >= 0.6 is 11.6 Å². The number of nitrogens with zero attached hydrogens (tertiary/aromatic N) is 3. The number of imidazole rings is 1. The van der Waals surface area contributed by atoms with Gasteiger partial charge in [-0.25, -0.2) is 4.98 Å². The van der Waals surface area contributed by atoms with Crippen LogP contribution in [0.2, 0.25) is 5.02 Å². The van der Waals surface area contributed by atoms with Crippen molar-refractivity contribution in [3.8, 4) is 5.75 Å². The first kappa shape index (κ1) is 13.6. The Balaban J connectivity index is 1.71. The monoisotopic (exact) mass is 299 g/mol. The highest BCUT2D eigenvalue weighted by molar-refractivity contribution is 6.30. The number of pyridine rings is 1. The molecule has 3 rings (SSSR count). The number of halogens is 1. The summed E-state index contributed by atoms with van der Waals surface area (Å²) in [5.41, 5.74) is 1.95. The van der Waals surface area contributed by atoms with Gasteiger partial charge in [-0.15, -0.1) is 0 Å². The van der Waals surface area contributed by atoms with Gasteiger partial charge in [0.25, 0.3) is 0 Å². The molecule has 21 heavy (non-hydrogen) atoms. The van der Waals surface area contributed by atoms with Crippen molar-refractivity contribution in [3.05, 3.63) is 77.6 Å². The zero-order valence-corrected chi connectivity index (χ0v) is 12.1. The molecule has 0 aliphatic heterocycles. The number of hydrogen-bond donors (Lipinski definition) is 0. The van der Waals surface area contributed by atoms with Gasteiger partial charge in [0.05, 0.1) is 12.9 Å². The van der Waals surface area contributed by atoms with Crippen LogP contribution in [0.25, 0.3) is 0 Å². The molecule has 106 valence electrons. The molecule has 0 fully saturated rings. The van der Waals surface area contributed by atoms with E-state index in [0.717, 1.165) is 22.0 Å². The van der Waals surface area contributed by atoms with Crippen molar-refractivity contribution in [2.75, 3.05) is 0 Å². The van der Waals surface area contributed by atoms with Crippen molar-refractivity contribution in [1.82, 2.24) is 14.5 Å². The Labute approximate surface area is 128 Å². The van der Waals surface area contributed by atoms with Crippen molar-refractivity contribution in [3.63, 3.8) is 0 Å². The first-order valence-electron chi connectivity index (χ1n) is 6.58. The van der Waals surface area contributed by atoms with Gasteiger partial charge in [-0.3, -0.25) is 4.98 Å². The molecule has 0 N–H and O–H groups in total. The Bertz CT molecular complexity index is 696. The van der Waals surface area contributed by atoms with E-state index < -0.39 is 0 Å². The second-order valence-corrected chi connectivity index (χ2v) is 5.03. The van der Waals surface area contributed by atoms with Gasteiger partial charge < -0.3 is 9.30 Å². The number of benzene rings is 1. The standard InChI is InChI=1S/C16H14ClN3O/c17-14-5-3-13(4-6-14)11-21-16-2-1-7-19-15(16)10-20-9-8-18-12-20/h1-9,12H,10-11H2. The first-order valence-corrected chi connectivity index (χ1v) is 6.96. The molecule has 0 radical (unpaired) electrons. The highest BCUT2D eigenvalue weighted by atomic mass is 35.5. The third-order valence-corrected chi connectivity index (χ3v) is 3.30. The molecule has 4 nitrogen and oxygen atoms in total. The highest BCUT2D eigenvalue weighted by Gasteiger charge is 2.06. The Morgan fingerprint density at radius 2 is 1.95 bits per heavy atom. The SMILES string of the molecule is Clc1ccc(COc2cccnc2Cn2ccnc2)cc1. The third-order valence-electron chi connectivity index (χ3n) is 3.05. The molecule has 5 heteroatoms. The van der Waals surface area contributed by atoms with Crippen molar-refractivity contribution in [2.24, 2.45) is 0 Å². The van der Waals surface area contributed by atoms with Crippen molar-refractivity contribution in [1.29, 1.82) is 0 Å². The van der Waals surface area contributed by atoms with Crippen LogP contribution in [0.15, 0.2) is 61.3 Å². The minimum atomic E-state index is 0.486. The summed E-state index contributed by atoms with van der Waals surface area (Å²) in [6, 6.07) is 11.4. The van der Waals surface area contributed by atoms with E-state index in [1.54, 1.807) is 18.7 Å². The fourth-order valence-electron chi connectivity index (χ4n) is 1.97. The predicted octanol–water partition coefficient (Wildman–Crippen LogP) is 3.56. The van der Waals surface area contributed by atoms with Gasteiger partial charge in [0, 0.05) is 23.6 Å².